The number of aromatic nitrogens is 2. The standard InChI is InChI=1S/C14H9BrIN3O/c15-8-5-6-10(16)9(7-8)13(20)19-14-17-11-3-1-2-4-12(11)18-14/h1-7H,(H2,17,18,19,20). The lowest BCUT2D eigenvalue weighted by Gasteiger charge is -2.04. The van der Waals surface area contributed by atoms with Crippen molar-refractivity contribution in [1.82, 2.24) is 9.97 Å². The van der Waals surface area contributed by atoms with Crippen LogP contribution in [0.2, 0.25) is 0 Å². The third kappa shape index (κ3) is 2.71. The van der Waals surface area contributed by atoms with E-state index in [1.807, 2.05) is 36.4 Å². The maximum absolute atomic E-state index is 12.3. The first-order chi connectivity index (χ1) is 9.63. The lowest BCUT2D eigenvalue weighted by Crippen LogP contribution is -2.14. The van der Waals surface area contributed by atoms with Crippen LogP contribution in [0.4, 0.5) is 5.95 Å². The van der Waals surface area contributed by atoms with Crippen molar-refractivity contribution in [3.05, 3.63) is 56.1 Å². The molecule has 0 fully saturated rings. The number of H-pyrrole nitrogens is 1. The average molecular weight is 442 g/mol. The molecule has 3 aromatic rings. The van der Waals surface area contributed by atoms with Gasteiger partial charge < -0.3 is 4.98 Å². The zero-order valence-corrected chi connectivity index (χ0v) is 13.9. The minimum Gasteiger partial charge on any atom is -0.324 e. The summed E-state index contributed by atoms with van der Waals surface area (Å²) in [5.41, 5.74) is 2.33. The summed E-state index contributed by atoms with van der Waals surface area (Å²) in [5.74, 6) is 0.265. The van der Waals surface area contributed by atoms with Gasteiger partial charge >= 0.3 is 0 Å². The molecule has 20 heavy (non-hydrogen) atoms. The molecule has 1 amide bonds. The van der Waals surface area contributed by atoms with Gasteiger partial charge in [0.25, 0.3) is 5.91 Å². The Bertz CT molecular complexity index is 767. The quantitative estimate of drug-likeness (QED) is 0.586. The number of imidazole rings is 1. The fourth-order valence-corrected chi connectivity index (χ4v) is 2.80. The Hall–Kier alpha value is -1.41. The Morgan fingerprint density at radius 2 is 2.05 bits per heavy atom. The lowest BCUT2D eigenvalue weighted by molar-refractivity contribution is 0.102. The number of hydrogen-bond donors (Lipinski definition) is 2. The number of carbonyl (C=O) groups excluding carboxylic acids is 1. The first kappa shape index (κ1) is 13.6. The van der Waals surface area contributed by atoms with Crippen LogP contribution < -0.4 is 5.32 Å². The number of rotatable bonds is 2. The third-order valence-corrected chi connectivity index (χ3v) is 4.23. The van der Waals surface area contributed by atoms with Crippen LogP contribution in [0.1, 0.15) is 10.4 Å². The number of amides is 1. The van der Waals surface area contributed by atoms with Gasteiger partial charge in [-0.05, 0) is 52.9 Å². The minimum absolute atomic E-state index is 0.185. The third-order valence-electron chi connectivity index (χ3n) is 2.79. The number of benzene rings is 2. The van der Waals surface area contributed by atoms with Gasteiger partial charge in [0, 0.05) is 8.04 Å². The van der Waals surface area contributed by atoms with Crippen molar-refractivity contribution in [2.75, 3.05) is 5.32 Å². The maximum atomic E-state index is 12.3. The number of hydrogen-bond acceptors (Lipinski definition) is 2. The minimum atomic E-state index is -0.185. The van der Waals surface area contributed by atoms with Crippen LogP contribution >= 0.6 is 38.5 Å². The number of para-hydroxylation sites is 2. The number of nitrogens with one attached hydrogen (secondary N) is 2. The van der Waals surface area contributed by atoms with E-state index < -0.39 is 0 Å². The normalized spacial score (nSPS) is 10.7. The molecule has 0 atom stereocenters. The second-order valence-electron chi connectivity index (χ2n) is 4.18. The molecule has 2 aromatic carbocycles. The van der Waals surface area contributed by atoms with E-state index >= 15 is 0 Å². The van der Waals surface area contributed by atoms with E-state index in [0.717, 1.165) is 19.1 Å². The SMILES string of the molecule is O=C(Nc1nc2ccccc2[nH]1)c1cc(Br)ccc1I. The van der Waals surface area contributed by atoms with Gasteiger partial charge in [-0.1, -0.05) is 28.1 Å². The van der Waals surface area contributed by atoms with Gasteiger partial charge in [0.1, 0.15) is 0 Å². The molecule has 0 unspecified atom stereocenters. The Morgan fingerprint density at radius 3 is 2.85 bits per heavy atom. The number of carbonyl (C=O) groups is 1. The molecule has 0 saturated carbocycles. The van der Waals surface area contributed by atoms with Gasteiger partial charge in [0.15, 0.2) is 0 Å². The molecule has 2 N–H and O–H groups in total. The number of nitrogens with zero attached hydrogens (tertiary/aromatic N) is 1. The van der Waals surface area contributed by atoms with Crippen molar-refractivity contribution in [2.45, 2.75) is 0 Å². The summed E-state index contributed by atoms with van der Waals surface area (Å²) in [4.78, 5) is 19.7. The van der Waals surface area contributed by atoms with Crippen molar-refractivity contribution in [2.24, 2.45) is 0 Å². The summed E-state index contributed by atoms with van der Waals surface area (Å²) in [6.07, 6.45) is 0. The fraction of sp³-hybridized carbons (Fsp3) is 0. The Morgan fingerprint density at radius 1 is 1.25 bits per heavy atom. The van der Waals surface area contributed by atoms with E-state index in [-0.39, 0.29) is 5.91 Å². The predicted octanol–water partition coefficient (Wildman–Crippen LogP) is 4.18. The molecule has 1 heterocycles. The highest BCUT2D eigenvalue weighted by molar-refractivity contribution is 14.1. The summed E-state index contributed by atoms with van der Waals surface area (Å²) in [5, 5.41) is 2.78. The fourth-order valence-electron chi connectivity index (χ4n) is 1.86. The molecule has 4 nitrogen and oxygen atoms in total. The highest BCUT2D eigenvalue weighted by Crippen LogP contribution is 2.20. The monoisotopic (exact) mass is 441 g/mol. The van der Waals surface area contributed by atoms with Crippen LogP contribution in [-0.2, 0) is 0 Å². The average Bonchev–Trinajstić information content (AvgIpc) is 2.83. The van der Waals surface area contributed by atoms with E-state index in [0.29, 0.717) is 11.5 Å². The molecule has 0 aliphatic carbocycles. The molecule has 0 aliphatic heterocycles. The molecular formula is C14H9BrIN3O. The summed E-state index contributed by atoms with van der Waals surface area (Å²) in [6.45, 7) is 0. The molecule has 0 aliphatic rings. The van der Waals surface area contributed by atoms with Gasteiger partial charge in [0.05, 0.1) is 16.6 Å². The van der Waals surface area contributed by atoms with Crippen molar-refractivity contribution in [3.63, 3.8) is 0 Å². The van der Waals surface area contributed by atoms with Gasteiger partial charge in [-0.25, -0.2) is 4.98 Å². The van der Waals surface area contributed by atoms with Gasteiger partial charge in [-0.2, -0.15) is 0 Å². The summed E-state index contributed by atoms with van der Waals surface area (Å²) in [6, 6.07) is 13.2. The zero-order valence-electron chi connectivity index (χ0n) is 10.2. The molecule has 0 saturated heterocycles. The van der Waals surface area contributed by atoms with E-state index in [4.69, 9.17) is 0 Å². The Labute approximate surface area is 137 Å². The van der Waals surface area contributed by atoms with E-state index in [9.17, 15) is 4.79 Å². The van der Waals surface area contributed by atoms with Crippen molar-refractivity contribution in [1.29, 1.82) is 0 Å². The summed E-state index contributed by atoms with van der Waals surface area (Å²) >= 11 is 5.51. The van der Waals surface area contributed by atoms with Crippen molar-refractivity contribution in [3.8, 4) is 0 Å². The first-order valence-electron chi connectivity index (χ1n) is 5.84. The number of anilines is 1. The van der Waals surface area contributed by atoms with Gasteiger partial charge in [-0.3, -0.25) is 10.1 Å². The second kappa shape index (κ2) is 5.53. The van der Waals surface area contributed by atoms with Crippen LogP contribution in [0.5, 0.6) is 0 Å². The molecule has 6 heteroatoms. The topological polar surface area (TPSA) is 57.8 Å². The summed E-state index contributed by atoms with van der Waals surface area (Å²) < 4.78 is 1.76. The van der Waals surface area contributed by atoms with Crippen LogP contribution in [0.3, 0.4) is 0 Å². The molecular weight excluding hydrogens is 433 g/mol. The van der Waals surface area contributed by atoms with Crippen molar-refractivity contribution >= 4 is 61.4 Å². The molecule has 0 bridgehead atoms. The maximum Gasteiger partial charge on any atom is 0.259 e. The Kier molecular flexibility index (Phi) is 3.75. The largest absolute Gasteiger partial charge is 0.324 e. The lowest BCUT2D eigenvalue weighted by atomic mass is 10.2. The van der Waals surface area contributed by atoms with Crippen LogP contribution in [0.15, 0.2) is 46.9 Å². The van der Waals surface area contributed by atoms with Gasteiger partial charge in [-0.15, -0.1) is 0 Å². The molecule has 0 spiro atoms. The first-order valence-corrected chi connectivity index (χ1v) is 7.72. The molecule has 0 radical (unpaired) electrons. The van der Waals surface area contributed by atoms with E-state index in [1.165, 1.54) is 0 Å². The molecule has 3 rings (SSSR count). The van der Waals surface area contributed by atoms with Crippen LogP contribution in [-0.4, -0.2) is 15.9 Å². The van der Waals surface area contributed by atoms with Crippen molar-refractivity contribution < 1.29 is 4.79 Å². The zero-order chi connectivity index (χ0) is 14.1. The Balaban J connectivity index is 1.90. The van der Waals surface area contributed by atoms with E-state index in [1.54, 1.807) is 6.07 Å². The van der Waals surface area contributed by atoms with Gasteiger partial charge in [0.2, 0.25) is 5.95 Å². The molecule has 100 valence electrons. The predicted molar refractivity (Wildman–Crippen MR) is 90.9 cm³/mol. The highest BCUT2D eigenvalue weighted by Gasteiger charge is 2.12. The van der Waals surface area contributed by atoms with E-state index in [2.05, 4.69) is 53.8 Å². The summed E-state index contributed by atoms with van der Waals surface area (Å²) in [7, 11) is 0. The smallest absolute Gasteiger partial charge is 0.259 e. The highest BCUT2D eigenvalue weighted by atomic mass is 127. The van der Waals surface area contributed by atoms with Crippen LogP contribution in [0.25, 0.3) is 11.0 Å². The number of aromatic amines is 1. The number of fused-ring (bicyclic) bond motifs is 1. The van der Waals surface area contributed by atoms with Crippen LogP contribution in [0, 0.1) is 3.57 Å². The second-order valence-corrected chi connectivity index (χ2v) is 6.26. The molecule has 1 aromatic heterocycles. The number of halogens is 2.